The smallest absolute Gasteiger partial charge is 0.270 e. The summed E-state index contributed by atoms with van der Waals surface area (Å²) in [4.78, 5) is 14.9. The van der Waals surface area contributed by atoms with Gasteiger partial charge in [-0.2, -0.15) is 0 Å². The third-order valence-corrected chi connectivity index (χ3v) is 5.17. The highest BCUT2D eigenvalue weighted by Gasteiger charge is 2.54. The normalized spacial score (nSPS) is 29.9. The van der Waals surface area contributed by atoms with Crippen molar-refractivity contribution in [1.29, 1.82) is 0 Å². The van der Waals surface area contributed by atoms with E-state index < -0.39 is 16.3 Å². The van der Waals surface area contributed by atoms with Gasteiger partial charge in [0.1, 0.15) is 11.4 Å². The summed E-state index contributed by atoms with van der Waals surface area (Å²) in [5, 5.41) is 11.4. The number of aliphatic imine (C=N–C) groups is 1. The van der Waals surface area contributed by atoms with Crippen LogP contribution in [0.2, 0.25) is 0 Å². The number of nitro benzene ring substituents is 1. The summed E-state index contributed by atoms with van der Waals surface area (Å²) in [7, 11) is 1.56. The van der Waals surface area contributed by atoms with Gasteiger partial charge in [0.25, 0.3) is 5.69 Å². The average molecular weight is 341 g/mol. The number of benzene rings is 1. The summed E-state index contributed by atoms with van der Waals surface area (Å²) in [6.45, 7) is 0.462. The Morgan fingerprint density at radius 2 is 2.43 bits per heavy atom. The van der Waals surface area contributed by atoms with Gasteiger partial charge in [-0.1, -0.05) is 11.8 Å². The van der Waals surface area contributed by atoms with E-state index in [4.69, 9.17) is 15.2 Å². The van der Waals surface area contributed by atoms with E-state index in [0.29, 0.717) is 17.5 Å². The van der Waals surface area contributed by atoms with Crippen LogP contribution in [0.3, 0.4) is 0 Å². The summed E-state index contributed by atoms with van der Waals surface area (Å²) in [5.41, 5.74) is 4.77. The zero-order chi connectivity index (χ0) is 16.6. The first-order valence-electron chi connectivity index (χ1n) is 7.01. The fraction of sp³-hybridized carbons (Fsp3) is 0.500. The van der Waals surface area contributed by atoms with Gasteiger partial charge in [-0.25, -0.2) is 9.38 Å². The molecule has 1 fully saturated rings. The summed E-state index contributed by atoms with van der Waals surface area (Å²) in [5.74, 6) is -0.132. The fourth-order valence-electron chi connectivity index (χ4n) is 3.15. The van der Waals surface area contributed by atoms with Crippen molar-refractivity contribution in [3.8, 4) is 0 Å². The number of halogens is 1. The van der Waals surface area contributed by atoms with Gasteiger partial charge in [0.15, 0.2) is 5.17 Å². The summed E-state index contributed by atoms with van der Waals surface area (Å²) in [6.07, 6.45) is -0.261. The number of rotatable bonds is 4. The molecule has 0 amide bonds. The maximum absolute atomic E-state index is 14.5. The molecule has 1 saturated heterocycles. The number of hydrogen-bond acceptors (Lipinski definition) is 7. The van der Waals surface area contributed by atoms with Crippen molar-refractivity contribution in [1.82, 2.24) is 0 Å². The van der Waals surface area contributed by atoms with E-state index in [2.05, 4.69) is 4.99 Å². The Labute approximate surface area is 136 Å². The largest absolute Gasteiger partial charge is 0.382 e. The third kappa shape index (κ3) is 2.68. The number of amidine groups is 1. The van der Waals surface area contributed by atoms with Crippen molar-refractivity contribution in [2.75, 3.05) is 26.1 Å². The molecule has 2 heterocycles. The van der Waals surface area contributed by atoms with Crippen LogP contribution in [0.4, 0.5) is 10.1 Å². The van der Waals surface area contributed by atoms with Crippen LogP contribution < -0.4 is 5.73 Å². The van der Waals surface area contributed by atoms with Gasteiger partial charge >= 0.3 is 0 Å². The number of nitrogens with zero attached hydrogens (tertiary/aromatic N) is 2. The lowest BCUT2D eigenvalue weighted by molar-refractivity contribution is -0.385. The lowest BCUT2D eigenvalue weighted by atomic mass is 9.78. The highest BCUT2D eigenvalue weighted by molar-refractivity contribution is 8.13. The van der Waals surface area contributed by atoms with Crippen molar-refractivity contribution in [2.45, 2.75) is 11.6 Å². The predicted molar refractivity (Wildman–Crippen MR) is 83.9 cm³/mol. The minimum absolute atomic E-state index is 0.116. The Balaban J connectivity index is 2.12. The molecule has 0 aromatic heterocycles. The van der Waals surface area contributed by atoms with Gasteiger partial charge < -0.3 is 15.2 Å². The molecule has 0 aliphatic carbocycles. The van der Waals surface area contributed by atoms with E-state index in [1.54, 1.807) is 7.11 Å². The van der Waals surface area contributed by atoms with Crippen molar-refractivity contribution < 1.29 is 18.8 Å². The summed E-state index contributed by atoms with van der Waals surface area (Å²) in [6, 6.07) is 3.46. The second kappa shape index (κ2) is 6.06. The molecule has 23 heavy (non-hydrogen) atoms. The SMILES string of the molecule is COCC1OC[C@]2(c3cc([N+](=O)[O-])ccc3F)N=C(N)SC[C@H]12. The third-order valence-electron chi connectivity index (χ3n) is 4.26. The first-order chi connectivity index (χ1) is 11.0. The van der Waals surface area contributed by atoms with Gasteiger partial charge in [0.05, 0.1) is 24.2 Å². The highest BCUT2D eigenvalue weighted by Crippen LogP contribution is 2.48. The van der Waals surface area contributed by atoms with E-state index in [1.807, 2.05) is 0 Å². The van der Waals surface area contributed by atoms with E-state index >= 15 is 0 Å². The lowest BCUT2D eigenvalue weighted by Crippen LogP contribution is -2.43. The van der Waals surface area contributed by atoms with Crippen LogP contribution in [0.25, 0.3) is 0 Å². The zero-order valence-electron chi connectivity index (χ0n) is 12.4. The van der Waals surface area contributed by atoms with Crippen LogP contribution in [0, 0.1) is 21.8 Å². The van der Waals surface area contributed by atoms with Gasteiger partial charge in [-0.3, -0.25) is 10.1 Å². The molecule has 3 rings (SSSR count). The fourth-order valence-corrected chi connectivity index (χ4v) is 4.22. The minimum atomic E-state index is -1.05. The van der Waals surface area contributed by atoms with Gasteiger partial charge in [0, 0.05) is 36.5 Å². The van der Waals surface area contributed by atoms with Crippen LogP contribution in [0.1, 0.15) is 5.56 Å². The number of hydrogen-bond donors (Lipinski definition) is 1. The van der Waals surface area contributed by atoms with Crippen molar-refractivity contribution in [2.24, 2.45) is 16.6 Å². The molecular weight excluding hydrogens is 325 g/mol. The first-order valence-corrected chi connectivity index (χ1v) is 7.99. The lowest BCUT2D eigenvalue weighted by Gasteiger charge is -2.35. The second-order valence-electron chi connectivity index (χ2n) is 5.52. The molecule has 2 N–H and O–H groups in total. The molecule has 0 spiro atoms. The van der Waals surface area contributed by atoms with Crippen molar-refractivity contribution in [3.63, 3.8) is 0 Å². The molecule has 0 radical (unpaired) electrons. The van der Waals surface area contributed by atoms with Crippen LogP contribution >= 0.6 is 11.8 Å². The number of nitro groups is 1. The van der Waals surface area contributed by atoms with E-state index in [1.165, 1.54) is 17.8 Å². The van der Waals surface area contributed by atoms with Crippen LogP contribution in [-0.2, 0) is 15.0 Å². The Morgan fingerprint density at radius 1 is 1.65 bits per heavy atom. The average Bonchev–Trinajstić information content (AvgIpc) is 2.86. The van der Waals surface area contributed by atoms with Crippen molar-refractivity contribution in [3.05, 3.63) is 39.7 Å². The molecule has 124 valence electrons. The predicted octanol–water partition coefficient (Wildman–Crippen LogP) is 1.65. The van der Waals surface area contributed by atoms with Crippen molar-refractivity contribution >= 4 is 22.6 Å². The molecule has 2 aliphatic heterocycles. The molecule has 9 heteroatoms. The van der Waals surface area contributed by atoms with Gasteiger partial charge in [-0.05, 0) is 6.07 Å². The number of ether oxygens (including phenoxy) is 2. The molecule has 7 nitrogen and oxygen atoms in total. The molecule has 1 aromatic rings. The Hall–Kier alpha value is -1.71. The van der Waals surface area contributed by atoms with Crippen LogP contribution in [-0.4, -0.2) is 42.3 Å². The van der Waals surface area contributed by atoms with E-state index in [0.717, 1.165) is 12.1 Å². The monoisotopic (exact) mass is 341 g/mol. The summed E-state index contributed by atoms with van der Waals surface area (Å²) < 4.78 is 25.4. The second-order valence-corrected chi connectivity index (χ2v) is 6.56. The number of non-ortho nitro benzene ring substituents is 1. The molecule has 0 saturated carbocycles. The molecule has 0 bridgehead atoms. The minimum Gasteiger partial charge on any atom is -0.382 e. The Morgan fingerprint density at radius 3 is 3.13 bits per heavy atom. The zero-order valence-corrected chi connectivity index (χ0v) is 13.2. The standard InChI is InChI=1S/C14H16FN3O4S/c1-21-5-12-10-6-23-13(16)17-14(10,7-22-12)9-4-8(18(19)20)2-3-11(9)15/h2-4,10,12H,5-7H2,1H3,(H2,16,17)/t10-,12?,14-/m1/s1. The Bertz CT molecular complexity index is 671. The molecule has 1 unspecified atom stereocenters. The molecule has 3 atom stereocenters. The number of fused-ring (bicyclic) bond motifs is 1. The molecular formula is C14H16FN3O4S. The molecule has 2 aliphatic rings. The maximum atomic E-state index is 14.5. The van der Waals surface area contributed by atoms with Gasteiger partial charge in [-0.15, -0.1) is 0 Å². The van der Waals surface area contributed by atoms with E-state index in [9.17, 15) is 14.5 Å². The topological polar surface area (TPSA) is 100.0 Å². The van der Waals surface area contributed by atoms with E-state index in [-0.39, 0.29) is 29.9 Å². The first kappa shape index (κ1) is 16.2. The number of methoxy groups -OCH3 is 1. The number of thioether (sulfide) groups is 1. The maximum Gasteiger partial charge on any atom is 0.270 e. The Kier molecular flexibility index (Phi) is 4.26. The van der Waals surface area contributed by atoms with Crippen LogP contribution in [0.5, 0.6) is 0 Å². The quantitative estimate of drug-likeness (QED) is 0.660. The summed E-state index contributed by atoms with van der Waals surface area (Å²) >= 11 is 1.37. The highest BCUT2D eigenvalue weighted by atomic mass is 32.2. The van der Waals surface area contributed by atoms with Gasteiger partial charge in [0.2, 0.25) is 0 Å². The van der Waals surface area contributed by atoms with Crippen LogP contribution in [0.15, 0.2) is 23.2 Å². The number of nitrogens with two attached hydrogens (primary N) is 1. The molecule has 1 aromatic carbocycles.